The maximum absolute atomic E-state index is 12.8. The lowest BCUT2D eigenvalue weighted by atomic mass is 9.86. The van der Waals surface area contributed by atoms with Crippen LogP contribution in [-0.2, 0) is 16.0 Å². The Morgan fingerprint density at radius 2 is 2.09 bits per heavy atom. The molecule has 4 rings (SSSR count). The van der Waals surface area contributed by atoms with Crippen LogP contribution in [0.15, 0.2) is 18.2 Å². The van der Waals surface area contributed by atoms with Crippen molar-refractivity contribution in [3.05, 3.63) is 34.9 Å². The van der Waals surface area contributed by atoms with Crippen molar-refractivity contribution in [3.63, 3.8) is 0 Å². The fraction of sp³-hybridized carbons (Fsp3) is 0.529. The highest BCUT2D eigenvalue weighted by atomic mass is 16.5. The van der Waals surface area contributed by atoms with Crippen LogP contribution in [0.1, 0.15) is 27.5 Å². The Balaban J connectivity index is 1.57. The summed E-state index contributed by atoms with van der Waals surface area (Å²) >= 11 is 0. The molecule has 1 aromatic rings. The molecule has 23 heavy (non-hydrogen) atoms. The maximum atomic E-state index is 12.8. The van der Waals surface area contributed by atoms with E-state index in [9.17, 15) is 9.59 Å². The summed E-state index contributed by atoms with van der Waals surface area (Å²) in [6, 6.07) is 5.84. The smallest absolute Gasteiger partial charge is 0.251 e. The molecule has 0 bridgehead atoms. The van der Waals surface area contributed by atoms with Crippen molar-refractivity contribution in [1.82, 2.24) is 15.1 Å². The first kappa shape index (κ1) is 14.7. The monoisotopic (exact) mass is 315 g/mol. The fourth-order valence-corrected chi connectivity index (χ4v) is 3.81. The number of amides is 2. The van der Waals surface area contributed by atoms with E-state index in [1.54, 1.807) is 0 Å². The first-order chi connectivity index (χ1) is 11.2. The Kier molecular flexibility index (Phi) is 3.79. The molecule has 0 aliphatic carbocycles. The van der Waals surface area contributed by atoms with Gasteiger partial charge in [0.15, 0.2) is 0 Å². The van der Waals surface area contributed by atoms with Crippen LogP contribution in [0.4, 0.5) is 0 Å². The molecule has 0 aromatic heterocycles. The van der Waals surface area contributed by atoms with Crippen LogP contribution in [0.25, 0.3) is 0 Å². The van der Waals surface area contributed by atoms with E-state index in [1.807, 2.05) is 17.0 Å². The van der Waals surface area contributed by atoms with E-state index in [4.69, 9.17) is 4.74 Å². The number of carbonyl (C=O) groups is 2. The molecule has 122 valence electrons. The van der Waals surface area contributed by atoms with E-state index >= 15 is 0 Å². The average molecular weight is 315 g/mol. The van der Waals surface area contributed by atoms with Crippen molar-refractivity contribution >= 4 is 11.8 Å². The topological polar surface area (TPSA) is 61.9 Å². The van der Waals surface area contributed by atoms with Crippen LogP contribution in [-0.4, -0.2) is 67.6 Å². The Labute approximate surface area is 135 Å². The Morgan fingerprint density at radius 3 is 2.91 bits per heavy atom. The second kappa shape index (κ2) is 5.94. The first-order valence-electron chi connectivity index (χ1n) is 8.23. The third-order valence-corrected chi connectivity index (χ3v) is 5.01. The van der Waals surface area contributed by atoms with Gasteiger partial charge in [-0.15, -0.1) is 0 Å². The predicted molar refractivity (Wildman–Crippen MR) is 84.2 cm³/mol. The molecular weight excluding hydrogens is 294 g/mol. The Bertz CT molecular complexity index is 640. The highest BCUT2D eigenvalue weighted by molar-refractivity contribution is 5.98. The van der Waals surface area contributed by atoms with Gasteiger partial charge in [0.1, 0.15) is 0 Å². The number of nitrogens with zero attached hydrogens (tertiary/aromatic N) is 2. The van der Waals surface area contributed by atoms with Gasteiger partial charge in [-0.3, -0.25) is 14.5 Å². The number of carbonyl (C=O) groups excluding carboxylic acids is 2. The lowest BCUT2D eigenvalue weighted by Crippen LogP contribution is -2.52. The van der Waals surface area contributed by atoms with Gasteiger partial charge >= 0.3 is 0 Å². The van der Waals surface area contributed by atoms with E-state index in [-0.39, 0.29) is 17.9 Å². The quantitative estimate of drug-likeness (QED) is 0.846. The molecule has 0 spiro atoms. The minimum absolute atomic E-state index is 0.0267. The van der Waals surface area contributed by atoms with E-state index in [0.717, 1.165) is 37.2 Å². The number of ether oxygens (including phenoxy) is 1. The SMILES string of the molecule is O=C1NCC2c3c(cccc31)CCN2C(=O)CN1CCOCC1. The molecule has 3 aliphatic heterocycles. The summed E-state index contributed by atoms with van der Waals surface area (Å²) in [4.78, 5) is 29.0. The molecule has 6 heteroatoms. The van der Waals surface area contributed by atoms with Crippen molar-refractivity contribution in [2.45, 2.75) is 12.5 Å². The molecule has 1 saturated heterocycles. The standard InChI is InChI=1S/C17H21N3O3/c21-15(11-19-6-8-23-9-7-19)20-5-4-12-2-1-3-13-16(12)14(20)10-18-17(13)22/h1-3,14H,4-11H2,(H,18,22). The van der Waals surface area contributed by atoms with E-state index in [0.29, 0.717) is 26.3 Å². The normalized spacial score (nSPS) is 24.1. The van der Waals surface area contributed by atoms with Crippen LogP contribution in [0.3, 0.4) is 0 Å². The van der Waals surface area contributed by atoms with Gasteiger partial charge < -0.3 is 15.0 Å². The van der Waals surface area contributed by atoms with E-state index in [1.165, 1.54) is 5.56 Å². The van der Waals surface area contributed by atoms with Crippen molar-refractivity contribution in [2.24, 2.45) is 0 Å². The van der Waals surface area contributed by atoms with Crippen molar-refractivity contribution in [3.8, 4) is 0 Å². The number of nitrogens with one attached hydrogen (secondary N) is 1. The summed E-state index contributed by atoms with van der Waals surface area (Å²) < 4.78 is 5.34. The Hall–Kier alpha value is -1.92. The predicted octanol–water partition coefficient (Wildman–Crippen LogP) is 0.188. The molecule has 6 nitrogen and oxygen atoms in total. The molecule has 2 amide bonds. The van der Waals surface area contributed by atoms with Crippen LogP contribution >= 0.6 is 0 Å². The summed E-state index contributed by atoms with van der Waals surface area (Å²) in [6.45, 7) is 4.67. The third-order valence-electron chi connectivity index (χ3n) is 5.01. The second-order valence-electron chi connectivity index (χ2n) is 6.33. The summed E-state index contributed by atoms with van der Waals surface area (Å²) in [5.74, 6) is 0.120. The van der Waals surface area contributed by atoms with Crippen molar-refractivity contribution < 1.29 is 14.3 Å². The summed E-state index contributed by atoms with van der Waals surface area (Å²) in [5.41, 5.74) is 2.98. The zero-order valence-electron chi connectivity index (χ0n) is 13.1. The molecule has 1 fully saturated rings. The highest BCUT2D eigenvalue weighted by Gasteiger charge is 2.37. The first-order valence-corrected chi connectivity index (χ1v) is 8.23. The van der Waals surface area contributed by atoms with Crippen LogP contribution in [0, 0.1) is 0 Å². The van der Waals surface area contributed by atoms with Crippen LogP contribution < -0.4 is 5.32 Å². The highest BCUT2D eigenvalue weighted by Crippen LogP contribution is 2.34. The van der Waals surface area contributed by atoms with Crippen molar-refractivity contribution in [1.29, 1.82) is 0 Å². The minimum atomic E-state index is -0.0272. The second-order valence-corrected chi connectivity index (χ2v) is 6.33. The van der Waals surface area contributed by atoms with Crippen LogP contribution in [0.2, 0.25) is 0 Å². The summed E-state index contributed by atoms with van der Waals surface area (Å²) in [6.07, 6.45) is 0.821. The largest absolute Gasteiger partial charge is 0.379 e. The lowest BCUT2D eigenvalue weighted by molar-refractivity contribution is -0.136. The van der Waals surface area contributed by atoms with E-state index in [2.05, 4.69) is 16.3 Å². The van der Waals surface area contributed by atoms with Gasteiger partial charge in [0.05, 0.1) is 25.8 Å². The zero-order chi connectivity index (χ0) is 15.8. The summed E-state index contributed by atoms with van der Waals surface area (Å²) in [5, 5.41) is 2.92. The van der Waals surface area contributed by atoms with Gasteiger partial charge in [0, 0.05) is 31.7 Å². The van der Waals surface area contributed by atoms with Gasteiger partial charge in [0.25, 0.3) is 5.91 Å². The molecule has 1 unspecified atom stereocenters. The van der Waals surface area contributed by atoms with Gasteiger partial charge in [-0.25, -0.2) is 0 Å². The molecular formula is C17H21N3O3. The van der Waals surface area contributed by atoms with Gasteiger partial charge in [-0.05, 0) is 23.6 Å². The molecule has 3 heterocycles. The number of hydrogen-bond donors (Lipinski definition) is 1. The van der Waals surface area contributed by atoms with Gasteiger partial charge in [0.2, 0.25) is 5.91 Å². The van der Waals surface area contributed by atoms with Crippen molar-refractivity contribution in [2.75, 3.05) is 45.9 Å². The number of benzene rings is 1. The number of morpholine rings is 1. The summed E-state index contributed by atoms with van der Waals surface area (Å²) in [7, 11) is 0. The van der Waals surface area contributed by atoms with Crippen LogP contribution in [0.5, 0.6) is 0 Å². The fourth-order valence-electron chi connectivity index (χ4n) is 3.81. The molecule has 1 N–H and O–H groups in total. The molecule has 0 saturated carbocycles. The third kappa shape index (κ3) is 2.62. The van der Waals surface area contributed by atoms with E-state index < -0.39 is 0 Å². The average Bonchev–Trinajstić information content (AvgIpc) is 2.59. The van der Waals surface area contributed by atoms with Gasteiger partial charge in [-0.1, -0.05) is 12.1 Å². The Morgan fingerprint density at radius 1 is 1.26 bits per heavy atom. The maximum Gasteiger partial charge on any atom is 0.251 e. The minimum Gasteiger partial charge on any atom is -0.379 e. The lowest BCUT2D eigenvalue weighted by Gasteiger charge is -2.41. The zero-order valence-corrected chi connectivity index (χ0v) is 13.1. The van der Waals surface area contributed by atoms with Gasteiger partial charge in [-0.2, -0.15) is 0 Å². The molecule has 1 atom stereocenters. The molecule has 3 aliphatic rings. The number of hydrogen-bond acceptors (Lipinski definition) is 4. The molecule has 1 aromatic carbocycles. The molecule has 0 radical (unpaired) electrons. The number of rotatable bonds is 2.